The number of nitrogens with zero attached hydrogens (tertiary/aromatic N) is 1. The smallest absolute Gasteiger partial charge is 0.237 e. The van der Waals surface area contributed by atoms with E-state index in [4.69, 9.17) is 10.00 Å². The number of hydrogen-bond donors (Lipinski definition) is 1. The van der Waals surface area contributed by atoms with Crippen molar-refractivity contribution in [1.29, 1.82) is 5.26 Å². The highest BCUT2D eigenvalue weighted by molar-refractivity contribution is 7.90. The molecule has 1 saturated heterocycles. The van der Waals surface area contributed by atoms with Crippen molar-refractivity contribution in [3.8, 4) is 6.07 Å². The van der Waals surface area contributed by atoms with Crippen molar-refractivity contribution in [3.63, 3.8) is 0 Å². The Hall–Kier alpha value is -1.91. The van der Waals surface area contributed by atoms with Crippen molar-refractivity contribution in [2.75, 3.05) is 12.4 Å². The Morgan fingerprint density at radius 2 is 2.21 bits per heavy atom. The first-order chi connectivity index (χ1) is 11.5. The third kappa shape index (κ3) is 4.13. The molecular formula is C17H20N2O4S. The van der Waals surface area contributed by atoms with Gasteiger partial charge in [-0.1, -0.05) is 12.1 Å². The van der Waals surface area contributed by atoms with Crippen molar-refractivity contribution in [2.24, 2.45) is 5.92 Å². The van der Waals surface area contributed by atoms with Crippen LogP contribution in [0.1, 0.15) is 42.7 Å². The number of sulfonamides is 1. The van der Waals surface area contributed by atoms with Crippen LogP contribution in [0.4, 0.5) is 0 Å². The molecule has 0 radical (unpaired) electrons. The maximum atomic E-state index is 12.2. The second-order valence-electron chi connectivity index (χ2n) is 6.42. The van der Waals surface area contributed by atoms with Crippen LogP contribution in [-0.4, -0.2) is 32.8 Å². The summed E-state index contributed by atoms with van der Waals surface area (Å²) in [7, 11) is -3.68. The van der Waals surface area contributed by atoms with E-state index in [1.807, 2.05) is 6.07 Å². The van der Waals surface area contributed by atoms with E-state index in [1.54, 1.807) is 18.2 Å². The van der Waals surface area contributed by atoms with Gasteiger partial charge in [-0.05, 0) is 49.3 Å². The van der Waals surface area contributed by atoms with Gasteiger partial charge in [0.1, 0.15) is 0 Å². The van der Waals surface area contributed by atoms with Gasteiger partial charge in [0.15, 0.2) is 0 Å². The molecule has 1 heterocycles. The summed E-state index contributed by atoms with van der Waals surface area (Å²) in [6.07, 6.45) is 2.90. The van der Waals surface area contributed by atoms with Crippen LogP contribution in [0.5, 0.6) is 0 Å². The molecule has 128 valence electrons. The molecule has 1 amide bonds. The van der Waals surface area contributed by atoms with Gasteiger partial charge in [0.05, 0.1) is 23.5 Å². The SMILES string of the molecule is N#Cc1cccc([C@@H]2C[C@H]2C(=O)NS(=O)(=O)C[C@H]2CCCCO2)c1. The third-order valence-electron chi connectivity index (χ3n) is 4.51. The highest BCUT2D eigenvalue weighted by atomic mass is 32.2. The minimum Gasteiger partial charge on any atom is -0.377 e. The first-order valence-electron chi connectivity index (χ1n) is 8.14. The lowest BCUT2D eigenvalue weighted by atomic mass is 10.1. The monoisotopic (exact) mass is 348 g/mol. The van der Waals surface area contributed by atoms with Crippen LogP contribution in [0.15, 0.2) is 24.3 Å². The van der Waals surface area contributed by atoms with Crippen molar-refractivity contribution >= 4 is 15.9 Å². The summed E-state index contributed by atoms with van der Waals surface area (Å²) in [5, 5.41) is 8.93. The van der Waals surface area contributed by atoms with Crippen LogP contribution in [0.2, 0.25) is 0 Å². The minimum atomic E-state index is -3.68. The predicted molar refractivity (Wildman–Crippen MR) is 87.5 cm³/mol. The Morgan fingerprint density at radius 1 is 1.38 bits per heavy atom. The first-order valence-corrected chi connectivity index (χ1v) is 9.80. The van der Waals surface area contributed by atoms with Crippen LogP contribution in [0, 0.1) is 17.2 Å². The van der Waals surface area contributed by atoms with E-state index in [1.165, 1.54) is 0 Å². The summed E-state index contributed by atoms with van der Waals surface area (Å²) < 4.78 is 31.9. The molecule has 3 atom stereocenters. The number of carbonyl (C=O) groups is 1. The van der Waals surface area contributed by atoms with E-state index in [2.05, 4.69) is 10.8 Å². The second kappa shape index (κ2) is 6.91. The number of amides is 1. The molecule has 0 bridgehead atoms. The van der Waals surface area contributed by atoms with Crippen molar-refractivity contribution in [1.82, 2.24) is 4.72 Å². The molecule has 24 heavy (non-hydrogen) atoms. The number of rotatable bonds is 5. The van der Waals surface area contributed by atoms with Gasteiger partial charge in [-0.2, -0.15) is 5.26 Å². The number of nitrogens with one attached hydrogen (secondary N) is 1. The molecule has 1 aliphatic heterocycles. The molecule has 2 aliphatic rings. The topological polar surface area (TPSA) is 96.3 Å². The largest absolute Gasteiger partial charge is 0.377 e. The lowest BCUT2D eigenvalue weighted by molar-refractivity contribution is -0.120. The Balaban J connectivity index is 1.56. The maximum absolute atomic E-state index is 12.2. The Bertz CT molecular complexity index is 763. The predicted octanol–water partition coefficient (Wildman–Crippen LogP) is 1.68. The zero-order valence-electron chi connectivity index (χ0n) is 13.3. The normalized spacial score (nSPS) is 26.4. The Kier molecular flexibility index (Phi) is 4.88. The summed E-state index contributed by atoms with van der Waals surface area (Å²) >= 11 is 0. The number of hydrogen-bond acceptors (Lipinski definition) is 5. The zero-order valence-corrected chi connectivity index (χ0v) is 14.1. The third-order valence-corrected chi connectivity index (χ3v) is 5.83. The number of carbonyl (C=O) groups excluding carboxylic acids is 1. The lowest BCUT2D eigenvalue weighted by Gasteiger charge is -2.22. The molecule has 0 spiro atoms. The van der Waals surface area contributed by atoms with E-state index in [0.29, 0.717) is 25.0 Å². The average molecular weight is 348 g/mol. The van der Waals surface area contributed by atoms with Crippen LogP contribution in [-0.2, 0) is 19.6 Å². The maximum Gasteiger partial charge on any atom is 0.237 e. The van der Waals surface area contributed by atoms with Gasteiger partial charge in [-0.3, -0.25) is 9.52 Å². The minimum absolute atomic E-state index is 0.0144. The molecule has 1 N–H and O–H groups in total. The summed E-state index contributed by atoms with van der Waals surface area (Å²) in [6, 6.07) is 9.16. The van der Waals surface area contributed by atoms with Crippen molar-refractivity contribution < 1.29 is 17.9 Å². The van der Waals surface area contributed by atoms with Gasteiger partial charge in [-0.25, -0.2) is 8.42 Å². The Morgan fingerprint density at radius 3 is 2.92 bits per heavy atom. The molecule has 0 aromatic heterocycles. The molecule has 1 saturated carbocycles. The molecule has 1 aromatic carbocycles. The average Bonchev–Trinajstić information content (AvgIpc) is 3.36. The lowest BCUT2D eigenvalue weighted by Crippen LogP contribution is -2.39. The van der Waals surface area contributed by atoms with Gasteiger partial charge < -0.3 is 4.74 Å². The molecule has 2 fully saturated rings. The first kappa shape index (κ1) is 16.9. The quantitative estimate of drug-likeness (QED) is 0.873. The highest BCUT2D eigenvalue weighted by Gasteiger charge is 2.45. The molecule has 7 heteroatoms. The number of nitriles is 1. The fourth-order valence-electron chi connectivity index (χ4n) is 3.15. The fourth-order valence-corrected chi connectivity index (χ4v) is 4.44. The van der Waals surface area contributed by atoms with Gasteiger partial charge in [0, 0.05) is 12.5 Å². The van der Waals surface area contributed by atoms with Gasteiger partial charge in [0.25, 0.3) is 0 Å². The second-order valence-corrected chi connectivity index (χ2v) is 8.19. The van der Waals surface area contributed by atoms with Crippen molar-refractivity contribution in [3.05, 3.63) is 35.4 Å². The van der Waals surface area contributed by atoms with Crippen LogP contribution < -0.4 is 4.72 Å². The summed E-state index contributed by atoms with van der Waals surface area (Å²) in [5.74, 6) is -0.987. The molecule has 6 nitrogen and oxygen atoms in total. The van der Waals surface area contributed by atoms with Crippen LogP contribution in [0.3, 0.4) is 0 Å². The summed E-state index contributed by atoms with van der Waals surface area (Å²) in [5.41, 5.74) is 1.45. The molecule has 1 aliphatic carbocycles. The summed E-state index contributed by atoms with van der Waals surface area (Å²) in [6.45, 7) is 0.577. The molecule has 0 unspecified atom stereocenters. The van der Waals surface area contributed by atoms with Crippen LogP contribution >= 0.6 is 0 Å². The fraction of sp³-hybridized carbons (Fsp3) is 0.529. The van der Waals surface area contributed by atoms with E-state index >= 15 is 0 Å². The Labute approximate surface area is 141 Å². The molecule has 3 rings (SSSR count). The molecule has 1 aromatic rings. The number of benzene rings is 1. The van der Waals surface area contributed by atoms with Gasteiger partial charge in [0.2, 0.25) is 15.9 Å². The van der Waals surface area contributed by atoms with E-state index in [9.17, 15) is 13.2 Å². The van der Waals surface area contributed by atoms with E-state index in [0.717, 1.165) is 18.4 Å². The zero-order chi connectivity index (χ0) is 17.2. The number of ether oxygens (including phenoxy) is 1. The van der Waals surface area contributed by atoms with E-state index in [-0.39, 0.29) is 23.7 Å². The van der Waals surface area contributed by atoms with Crippen LogP contribution in [0.25, 0.3) is 0 Å². The van der Waals surface area contributed by atoms with Crippen molar-refractivity contribution in [2.45, 2.75) is 37.7 Å². The molecular weight excluding hydrogens is 328 g/mol. The standard InChI is InChI=1S/C17H20N2O4S/c18-10-12-4-3-5-13(8-12)15-9-16(15)17(20)19-24(21,22)11-14-6-1-2-7-23-14/h3-5,8,14-16H,1-2,6-7,9,11H2,(H,19,20)/t14-,15+,16-/m1/s1. The highest BCUT2D eigenvalue weighted by Crippen LogP contribution is 2.47. The van der Waals surface area contributed by atoms with Gasteiger partial charge >= 0.3 is 0 Å². The summed E-state index contributed by atoms with van der Waals surface area (Å²) in [4.78, 5) is 12.2. The van der Waals surface area contributed by atoms with Gasteiger partial charge in [-0.15, -0.1) is 0 Å². The van der Waals surface area contributed by atoms with E-state index < -0.39 is 15.9 Å².